The SMILES string of the molecule is CC[C@H]1OC(n2ccc(N)nc2=O)[C@@](C)(O)C1O. The number of ether oxygens (including phenoxy) is 1. The van der Waals surface area contributed by atoms with Gasteiger partial charge in [-0.25, -0.2) is 4.79 Å². The summed E-state index contributed by atoms with van der Waals surface area (Å²) in [6, 6.07) is 1.44. The number of nitrogens with two attached hydrogens (primary N) is 1. The zero-order valence-electron chi connectivity index (χ0n) is 10.3. The summed E-state index contributed by atoms with van der Waals surface area (Å²) >= 11 is 0. The summed E-state index contributed by atoms with van der Waals surface area (Å²) in [7, 11) is 0. The summed E-state index contributed by atoms with van der Waals surface area (Å²) in [4.78, 5) is 15.3. The second kappa shape index (κ2) is 4.34. The van der Waals surface area contributed by atoms with Gasteiger partial charge in [-0.05, 0) is 19.4 Å². The van der Waals surface area contributed by atoms with E-state index in [-0.39, 0.29) is 5.82 Å². The van der Waals surface area contributed by atoms with Crippen molar-refractivity contribution in [1.82, 2.24) is 9.55 Å². The van der Waals surface area contributed by atoms with Crippen LogP contribution in [0.1, 0.15) is 26.5 Å². The molecule has 0 spiro atoms. The van der Waals surface area contributed by atoms with E-state index in [4.69, 9.17) is 10.5 Å². The Morgan fingerprint density at radius 1 is 1.67 bits per heavy atom. The first-order valence-electron chi connectivity index (χ1n) is 5.78. The van der Waals surface area contributed by atoms with Gasteiger partial charge in [0.05, 0.1) is 6.10 Å². The van der Waals surface area contributed by atoms with Crippen LogP contribution in [0.25, 0.3) is 0 Å². The average Bonchev–Trinajstić information content (AvgIpc) is 2.52. The molecular formula is C11H17N3O4. The first-order valence-corrected chi connectivity index (χ1v) is 5.78. The number of aliphatic hydroxyl groups excluding tert-OH is 1. The van der Waals surface area contributed by atoms with Gasteiger partial charge < -0.3 is 20.7 Å². The van der Waals surface area contributed by atoms with Crippen LogP contribution in [-0.4, -0.2) is 37.6 Å². The molecule has 1 aliphatic heterocycles. The Morgan fingerprint density at radius 3 is 2.83 bits per heavy atom. The standard InChI is InChI=1S/C11H17N3O4/c1-3-6-8(15)11(2,17)9(18-6)14-5-4-7(12)13-10(14)16/h4-6,8-9,15,17H,3H2,1-2H3,(H2,12,13,16)/t6-,8?,9?,11+/m1/s1. The summed E-state index contributed by atoms with van der Waals surface area (Å²) < 4.78 is 6.66. The fraction of sp³-hybridized carbons (Fsp3) is 0.636. The largest absolute Gasteiger partial charge is 0.387 e. The molecule has 1 aliphatic rings. The third kappa shape index (κ3) is 1.90. The Balaban J connectivity index is 2.42. The fourth-order valence-corrected chi connectivity index (χ4v) is 2.17. The molecule has 7 heteroatoms. The predicted octanol–water partition coefficient (Wildman–Crippen LogP) is -0.755. The molecule has 0 saturated carbocycles. The van der Waals surface area contributed by atoms with Crippen LogP contribution in [-0.2, 0) is 4.74 Å². The molecule has 1 aromatic rings. The third-order valence-corrected chi connectivity index (χ3v) is 3.26. The van der Waals surface area contributed by atoms with E-state index in [1.54, 1.807) is 0 Å². The normalized spacial score (nSPS) is 35.9. The van der Waals surface area contributed by atoms with Crippen molar-refractivity contribution in [2.45, 2.75) is 44.3 Å². The smallest absolute Gasteiger partial charge is 0.351 e. The lowest BCUT2D eigenvalue weighted by molar-refractivity contribution is -0.0975. The lowest BCUT2D eigenvalue weighted by Gasteiger charge is -2.27. The number of rotatable bonds is 2. The highest BCUT2D eigenvalue weighted by molar-refractivity contribution is 5.23. The topological polar surface area (TPSA) is 111 Å². The van der Waals surface area contributed by atoms with Gasteiger partial charge in [-0.1, -0.05) is 6.92 Å². The van der Waals surface area contributed by atoms with E-state index >= 15 is 0 Å². The summed E-state index contributed by atoms with van der Waals surface area (Å²) in [5.41, 5.74) is 3.22. The van der Waals surface area contributed by atoms with Gasteiger partial charge in [-0.2, -0.15) is 4.98 Å². The Kier molecular flexibility index (Phi) is 3.14. The van der Waals surface area contributed by atoms with Crippen molar-refractivity contribution in [3.63, 3.8) is 0 Å². The third-order valence-electron chi connectivity index (χ3n) is 3.26. The quantitative estimate of drug-likeness (QED) is 0.641. The van der Waals surface area contributed by atoms with E-state index in [2.05, 4.69) is 4.98 Å². The molecule has 18 heavy (non-hydrogen) atoms. The molecule has 7 nitrogen and oxygen atoms in total. The van der Waals surface area contributed by atoms with Crippen molar-refractivity contribution in [3.8, 4) is 0 Å². The highest BCUT2D eigenvalue weighted by Crippen LogP contribution is 2.38. The zero-order valence-corrected chi connectivity index (χ0v) is 10.3. The van der Waals surface area contributed by atoms with Crippen LogP contribution in [0.15, 0.2) is 17.1 Å². The number of hydrogen-bond acceptors (Lipinski definition) is 6. The summed E-state index contributed by atoms with van der Waals surface area (Å²) in [5.74, 6) is 0.0986. The van der Waals surface area contributed by atoms with Gasteiger partial charge in [0, 0.05) is 6.20 Å². The van der Waals surface area contributed by atoms with E-state index in [9.17, 15) is 15.0 Å². The van der Waals surface area contributed by atoms with Crippen LogP contribution in [0.2, 0.25) is 0 Å². The molecular weight excluding hydrogens is 238 g/mol. The second-order valence-electron chi connectivity index (χ2n) is 4.65. The number of anilines is 1. The molecule has 0 bridgehead atoms. The van der Waals surface area contributed by atoms with E-state index in [1.807, 2.05) is 6.92 Å². The van der Waals surface area contributed by atoms with Crippen LogP contribution in [0.4, 0.5) is 5.82 Å². The van der Waals surface area contributed by atoms with Gasteiger partial charge in [0.2, 0.25) is 0 Å². The molecule has 4 N–H and O–H groups in total. The Morgan fingerprint density at radius 2 is 2.33 bits per heavy atom. The van der Waals surface area contributed by atoms with Crippen molar-refractivity contribution in [2.75, 3.05) is 5.73 Å². The first-order chi connectivity index (χ1) is 8.37. The first kappa shape index (κ1) is 13.0. The van der Waals surface area contributed by atoms with Gasteiger partial charge in [-0.3, -0.25) is 4.57 Å². The number of aromatic nitrogens is 2. The molecule has 0 aliphatic carbocycles. The molecule has 4 atom stereocenters. The van der Waals surface area contributed by atoms with Crippen molar-refractivity contribution in [2.24, 2.45) is 0 Å². The molecule has 2 heterocycles. The van der Waals surface area contributed by atoms with Crippen LogP contribution in [0.3, 0.4) is 0 Å². The number of aliphatic hydroxyl groups is 2. The van der Waals surface area contributed by atoms with Crippen LogP contribution < -0.4 is 11.4 Å². The van der Waals surface area contributed by atoms with Crippen LogP contribution in [0.5, 0.6) is 0 Å². The van der Waals surface area contributed by atoms with Crippen molar-refractivity contribution in [3.05, 3.63) is 22.7 Å². The summed E-state index contributed by atoms with van der Waals surface area (Å²) in [6.45, 7) is 3.26. The molecule has 100 valence electrons. The van der Waals surface area contributed by atoms with Gasteiger partial charge in [0.25, 0.3) is 0 Å². The van der Waals surface area contributed by atoms with Crippen LogP contribution in [0, 0.1) is 0 Å². The van der Waals surface area contributed by atoms with Gasteiger partial charge in [0.1, 0.15) is 17.5 Å². The maximum atomic E-state index is 11.7. The maximum Gasteiger partial charge on any atom is 0.351 e. The van der Waals surface area contributed by atoms with Crippen molar-refractivity contribution < 1.29 is 14.9 Å². The Hall–Kier alpha value is -1.44. The van der Waals surface area contributed by atoms with Gasteiger partial charge in [-0.15, -0.1) is 0 Å². The lowest BCUT2D eigenvalue weighted by Crippen LogP contribution is -2.45. The Labute approximate surface area is 104 Å². The van der Waals surface area contributed by atoms with Gasteiger partial charge in [0.15, 0.2) is 6.23 Å². The molecule has 0 radical (unpaired) electrons. The zero-order chi connectivity index (χ0) is 13.5. The minimum absolute atomic E-state index is 0.0986. The molecule has 0 amide bonds. The molecule has 1 fully saturated rings. The number of nitrogens with zero attached hydrogens (tertiary/aromatic N) is 2. The average molecular weight is 255 g/mol. The molecule has 1 saturated heterocycles. The van der Waals surface area contributed by atoms with E-state index in [0.717, 1.165) is 4.57 Å². The van der Waals surface area contributed by atoms with E-state index < -0.39 is 29.7 Å². The summed E-state index contributed by atoms with van der Waals surface area (Å²) in [5, 5.41) is 20.2. The molecule has 0 aromatic carbocycles. The maximum absolute atomic E-state index is 11.7. The fourth-order valence-electron chi connectivity index (χ4n) is 2.17. The number of nitrogen functional groups attached to an aromatic ring is 1. The highest BCUT2D eigenvalue weighted by atomic mass is 16.6. The van der Waals surface area contributed by atoms with Crippen molar-refractivity contribution >= 4 is 5.82 Å². The molecule has 2 rings (SSSR count). The van der Waals surface area contributed by atoms with Crippen LogP contribution >= 0.6 is 0 Å². The molecule has 1 aromatic heterocycles. The predicted molar refractivity (Wildman–Crippen MR) is 63.7 cm³/mol. The minimum Gasteiger partial charge on any atom is -0.387 e. The highest BCUT2D eigenvalue weighted by Gasteiger charge is 2.52. The molecule has 2 unspecified atom stereocenters. The monoisotopic (exact) mass is 255 g/mol. The van der Waals surface area contributed by atoms with Crippen molar-refractivity contribution in [1.29, 1.82) is 0 Å². The second-order valence-corrected chi connectivity index (χ2v) is 4.65. The van der Waals surface area contributed by atoms with Gasteiger partial charge >= 0.3 is 5.69 Å². The Bertz CT molecular complexity index is 499. The number of hydrogen-bond donors (Lipinski definition) is 3. The summed E-state index contributed by atoms with van der Waals surface area (Å²) in [6.07, 6.45) is -0.621. The van der Waals surface area contributed by atoms with E-state index in [1.165, 1.54) is 19.2 Å². The lowest BCUT2D eigenvalue weighted by atomic mass is 9.95. The minimum atomic E-state index is -1.55. The van der Waals surface area contributed by atoms with E-state index in [0.29, 0.717) is 6.42 Å².